The first kappa shape index (κ1) is 24.7. The lowest BCUT2D eigenvalue weighted by Crippen LogP contribution is -1.98. The average Bonchev–Trinajstić information content (AvgIpc) is 3.66. The number of rotatable bonds is 3. The summed E-state index contributed by atoms with van der Waals surface area (Å²) in [6, 6.07) is 29.7. The quantitative estimate of drug-likeness (QED) is 0.480. The second-order valence-corrected chi connectivity index (χ2v) is 7.74. The molecule has 0 spiro atoms. The molecule has 3 aromatic carbocycles. The number of aliphatic hydroxyl groups is 1. The van der Waals surface area contributed by atoms with Crippen LogP contribution in [0.3, 0.4) is 0 Å². The zero-order valence-corrected chi connectivity index (χ0v) is 18.6. The van der Waals surface area contributed by atoms with Crippen molar-refractivity contribution in [2.24, 2.45) is 5.92 Å². The van der Waals surface area contributed by atoms with Crippen molar-refractivity contribution in [3.63, 3.8) is 0 Å². The lowest BCUT2D eigenvalue weighted by atomic mass is 10.0. The van der Waals surface area contributed by atoms with E-state index in [9.17, 15) is 5.11 Å². The number of aliphatic hydroxyl groups excluding tert-OH is 1. The Bertz CT molecular complexity index is 686. The first-order valence-corrected chi connectivity index (χ1v) is 10.8. The third-order valence-electron chi connectivity index (χ3n) is 4.35. The van der Waals surface area contributed by atoms with Crippen molar-refractivity contribution >= 4 is 0 Å². The van der Waals surface area contributed by atoms with Crippen LogP contribution in [0.25, 0.3) is 0 Å². The predicted molar refractivity (Wildman–Crippen MR) is 127 cm³/mol. The van der Waals surface area contributed by atoms with Gasteiger partial charge in [-0.25, -0.2) is 0 Å². The molecular weight excluding hydrogens is 352 g/mol. The van der Waals surface area contributed by atoms with Gasteiger partial charge in [-0.15, -0.1) is 0 Å². The maximum atomic E-state index is 10.1. The largest absolute Gasteiger partial charge is 0.384 e. The maximum Gasteiger partial charge on any atom is 0.104 e. The van der Waals surface area contributed by atoms with E-state index in [1.807, 2.05) is 97.9 Å². The highest BCUT2D eigenvalue weighted by Crippen LogP contribution is 2.21. The van der Waals surface area contributed by atoms with Crippen molar-refractivity contribution < 1.29 is 5.11 Å². The highest BCUT2D eigenvalue weighted by Gasteiger charge is 2.08. The van der Waals surface area contributed by atoms with Crippen LogP contribution in [0.15, 0.2) is 91.0 Å². The molecule has 1 aliphatic rings. The molecule has 0 aliphatic heterocycles. The summed E-state index contributed by atoms with van der Waals surface area (Å²) < 4.78 is 0. The van der Waals surface area contributed by atoms with Crippen LogP contribution >= 0.6 is 0 Å². The molecule has 1 heteroatoms. The molecule has 1 N–H and O–H groups in total. The Kier molecular flexibility index (Phi) is 13.2. The SMILES string of the molecule is C1CC1.CCC(C)C.Cc1ccc(C(O)c2ccccc2)cc1.c1ccccc1. The van der Waals surface area contributed by atoms with Crippen LogP contribution < -0.4 is 0 Å². The molecule has 0 heterocycles. The van der Waals surface area contributed by atoms with Crippen LogP contribution in [0, 0.1) is 12.8 Å². The molecule has 1 saturated carbocycles. The predicted octanol–water partition coefficient (Wildman–Crippen LogP) is 7.99. The minimum Gasteiger partial charge on any atom is -0.384 e. The van der Waals surface area contributed by atoms with Crippen molar-refractivity contribution in [1.29, 1.82) is 0 Å². The summed E-state index contributed by atoms with van der Waals surface area (Å²) in [5, 5.41) is 10.1. The summed E-state index contributed by atoms with van der Waals surface area (Å²) in [6.45, 7) is 8.68. The van der Waals surface area contributed by atoms with E-state index in [1.54, 1.807) is 0 Å². The topological polar surface area (TPSA) is 20.2 Å². The van der Waals surface area contributed by atoms with Crippen LogP contribution in [0.2, 0.25) is 0 Å². The van der Waals surface area contributed by atoms with Gasteiger partial charge in [-0.2, -0.15) is 0 Å². The zero-order chi connectivity index (χ0) is 21.3. The van der Waals surface area contributed by atoms with E-state index in [2.05, 4.69) is 20.8 Å². The molecule has 1 nitrogen and oxygen atoms in total. The van der Waals surface area contributed by atoms with E-state index >= 15 is 0 Å². The van der Waals surface area contributed by atoms with Crippen LogP contribution in [0.4, 0.5) is 0 Å². The van der Waals surface area contributed by atoms with Crippen molar-refractivity contribution in [3.05, 3.63) is 108 Å². The molecule has 3 aromatic rings. The van der Waals surface area contributed by atoms with Gasteiger partial charge in [0.05, 0.1) is 0 Å². The molecule has 29 heavy (non-hydrogen) atoms. The molecule has 1 unspecified atom stereocenters. The van der Waals surface area contributed by atoms with E-state index in [-0.39, 0.29) is 0 Å². The Balaban J connectivity index is 0.000000244. The number of aryl methyl sites for hydroxylation is 1. The van der Waals surface area contributed by atoms with E-state index in [0.717, 1.165) is 17.0 Å². The minimum atomic E-state index is -0.521. The van der Waals surface area contributed by atoms with Gasteiger partial charge >= 0.3 is 0 Å². The van der Waals surface area contributed by atoms with Gasteiger partial charge in [0.2, 0.25) is 0 Å². The van der Waals surface area contributed by atoms with Crippen LogP contribution in [-0.2, 0) is 0 Å². The highest BCUT2D eigenvalue weighted by molar-refractivity contribution is 5.31. The smallest absolute Gasteiger partial charge is 0.104 e. The summed E-state index contributed by atoms with van der Waals surface area (Å²) in [4.78, 5) is 0. The Morgan fingerprint density at radius 2 is 1.00 bits per heavy atom. The normalized spacial score (nSPS) is 12.2. The van der Waals surface area contributed by atoms with Crippen LogP contribution in [-0.4, -0.2) is 5.11 Å². The van der Waals surface area contributed by atoms with Gasteiger partial charge in [0.25, 0.3) is 0 Å². The number of hydrogen-bond donors (Lipinski definition) is 1. The molecule has 1 fully saturated rings. The molecule has 1 aliphatic carbocycles. The second kappa shape index (κ2) is 15.5. The zero-order valence-electron chi connectivity index (χ0n) is 18.6. The van der Waals surface area contributed by atoms with Crippen molar-refractivity contribution in [2.75, 3.05) is 0 Å². The monoisotopic (exact) mass is 390 g/mol. The molecule has 0 amide bonds. The van der Waals surface area contributed by atoms with Gasteiger partial charge in [-0.1, -0.05) is 143 Å². The summed E-state index contributed by atoms with van der Waals surface area (Å²) in [7, 11) is 0. The van der Waals surface area contributed by atoms with Crippen molar-refractivity contribution in [1.82, 2.24) is 0 Å². The fourth-order valence-electron chi connectivity index (χ4n) is 1.96. The fraction of sp³-hybridized carbons (Fsp3) is 0.357. The van der Waals surface area contributed by atoms with Gasteiger partial charge < -0.3 is 5.11 Å². The second-order valence-electron chi connectivity index (χ2n) is 7.74. The molecule has 0 aromatic heterocycles. The molecule has 0 bridgehead atoms. The Labute approximate surface area is 178 Å². The maximum absolute atomic E-state index is 10.1. The van der Waals surface area contributed by atoms with Gasteiger partial charge in [-0.05, 0) is 24.0 Å². The van der Waals surface area contributed by atoms with Gasteiger partial charge in [0.15, 0.2) is 0 Å². The Hall–Kier alpha value is -2.38. The summed E-state index contributed by atoms with van der Waals surface area (Å²) in [5.74, 6) is 0.884. The Morgan fingerprint density at radius 3 is 1.34 bits per heavy atom. The lowest BCUT2D eigenvalue weighted by Gasteiger charge is -2.11. The van der Waals surface area contributed by atoms with Crippen LogP contribution in [0.5, 0.6) is 0 Å². The van der Waals surface area contributed by atoms with E-state index in [4.69, 9.17) is 0 Å². The van der Waals surface area contributed by atoms with E-state index < -0.39 is 6.10 Å². The fourth-order valence-corrected chi connectivity index (χ4v) is 1.96. The molecule has 1 atom stereocenters. The molecule has 156 valence electrons. The average molecular weight is 391 g/mol. The van der Waals surface area contributed by atoms with Gasteiger partial charge in [0, 0.05) is 0 Å². The number of benzene rings is 3. The molecule has 4 rings (SSSR count). The summed E-state index contributed by atoms with van der Waals surface area (Å²) in [6.07, 6.45) is 5.28. The van der Waals surface area contributed by atoms with Crippen LogP contribution in [0.1, 0.15) is 69.2 Å². The highest BCUT2D eigenvalue weighted by atomic mass is 16.3. The number of hydrogen-bond acceptors (Lipinski definition) is 1. The summed E-state index contributed by atoms with van der Waals surface area (Å²) in [5.41, 5.74) is 3.08. The third-order valence-corrected chi connectivity index (χ3v) is 4.35. The minimum absolute atomic E-state index is 0.521. The first-order valence-electron chi connectivity index (χ1n) is 10.8. The van der Waals surface area contributed by atoms with E-state index in [1.165, 1.54) is 31.2 Å². The standard InChI is InChI=1S/C14H14O.C6H6.C5H12.C3H6/c1-11-7-9-13(10-8-11)14(15)12-5-3-2-4-6-12;1-2-4-6-5-3-1;1-4-5(2)3;1-2-3-1/h2-10,14-15H,1H3;1-6H;5H,4H2,1-3H3;1-3H2. The van der Waals surface area contributed by atoms with Crippen molar-refractivity contribution in [3.8, 4) is 0 Å². The third kappa shape index (κ3) is 13.4. The van der Waals surface area contributed by atoms with Gasteiger partial charge in [-0.3, -0.25) is 0 Å². The van der Waals surface area contributed by atoms with Crippen molar-refractivity contribution in [2.45, 2.75) is 59.5 Å². The first-order chi connectivity index (χ1) is 14.0. The molecule has 0 saturated heterocycles. The lowest BCUT2D eigenvalue weighted by molar-refractivity contribution is 0.220. The Morgan fingerprint density at radius 1 is 0.655 bits per heavy atom. The summed E-state index contributed by atoms with van der Waals surface area (Å²) >= 11 is 0. The van der Waals surface area contributed by atoms with E-state index in [0.29, 0.717) is 0 Å². The van der Waals surface area contributed by atoms with Gasteiger partial charge in [0.1, 0.15) is 6.10 Å². The molecular formula is C28H38O. The molecule has 0 radical (unpaired) electrons.